The first-order chi connectivity index (χ1) is 8.24. The summed E-state index contributed by atoms with van der Waals surface area (Å²) in [6, 6.07) is 12.3. The Morgan fingerprint density at radius 3 is 2.53 bits per heavy atom. The summed E-state index contributed by atoms with van der Waals surface area (Å²) in [5.74, 6) is 0.743. The summed E-state index contributed by atoms with van der Waals surface area (Å²) in [5, 5.41) is 0.534. The minimum absolute atomic E-state index is 0.534. The molecule has 1 aromatic heterocycles. The largest absolute Gasteiger partial charge is 0.238 e. The van der Waals surface area contributed by atoms with Crippen LogP contribution in [-0.2, 0) is 12.8 Å². The van der Waals surface area contributed by atoms with E-state index in [2.05, 4.69) is 34.2 Å². The predicted octanol–water partition coefficient (Wildman–Crippen LogP) is 3.61. The normalized spacial score (nSPS) is 10.5. The number of rotatable bonds is 4. The molecule has 0 bridgehead atoms. The van der Waals surface area contributed by atoms with Crippen molar-refractivity contribution in [3.8, 4) is 0 Å². The standard InChI is InChI=1S/C14H15ClN2/c1-11-16-13(10-14(15)17-11)9-5-8-12-6-3-2-4-7-12/h2-4,6-7,10H,5,8-9H2,1H3. The van der Waals surface area contributed by atoms with E-state index in [4.69, 9.17) is 11.6 Å². The fraction of sp³-hybridized carbons (Fsp3) is 0.286. The van der Waals surface area contributed by atoms with Crippen LogP contribution in [0.5, 0.6) is 0 Å². The second kappa shape index (κ2) is 5.78. The van der Waals surface area contributed by atoms with Crippen molar-refractivity contribution in [2.24, 2.45) is 0 Å². The number of hydrogen-bond acceptors (Lipinski definition) is 2. The lowest BCUT2D eigenvalue weighted by atomic mass is 10.1. The van der Waals surface area contributed by atoms with Crippen LogP contribution in [0.15, 0.2) is 36.4 Å². The van der Waals surface area contributed by atoms with Crippen LogP contribution in [0.3, 0.4) is 0 Å². The first-order valence-corrected chi connectivity index (χ1v) is 6.16. The molecule has 0 atom stereocenters. The van der Waals surface area contributed by atoms with Gasteiger partial charge in [0.15, 0.2) is 0 Å². The maximum Gasteiger partial charge on any atom is 0.133 e. The zero-order valence-electron chi connectivity index (χ0n) is 9.86. The van der Waals surface area contributed by atoms with Crippen molar-refractivity contribution in [2.75, 3.05) is 0 Å². The molecule has 0 radical (unpaired) electrons. The molecule has 0 unspecified atom stereocenters. The van der Waals surface area contributed by atoms with Gasteiger partial charge in [-0.3, -0.25) is 0 Å². The van der Waals surface area contributed by atoms with Gasteiger partial charge in [0.1, 0.15) is 11.0 Å². The van der Waals surface area contributed by atoms with Crippen LogP contribution in [-0.4, -0.2) is 9.97 Å². The van der Waals surface area contributed by atoms with Gasteiger partial charge >= 0.3 is 0 Å². The fourth-order valence-corrected chi connectivity index (χ4v) is 2.08. The minimum Gasteiger partial charge on any atom is -0.238 e. The summed E-state index contributed by atoms with van der Waals surface area (Å²) in [6.45, 7) is 1.87. The molecule has 3 heteroatoms. The molecular weight excluding hydrogens is 232 g/mol. The van der Waals surface area contributed by atoms with E-state index in [1.165, 1.54) is 5.56 Å². The number of benzene rings is 1. The Morgan fingerprint density at radius 1 is 1.06 bits per heavy atom. The zero-order chi connectivity index (χ0) is 12.1. The van der Waals surface area contributed by atoms with Gasteiger partial charge in [0.05, 0.1) is 0 Å². The number of aryl methyl sites for hydroxylation is 3. The molecule has 0 saturated carbocycles. The van der Waals surface area contributed by atoms with E-state index in [1.54, 1.807) is 0 Å². The Kier molecular flexibility index (Phi) is 4.10. The third-order valence-corrected chi connectivity index (χ3v) is 2.79. The lowest BCUT2D eigenvalue weighted by Gasteiger charge is -2.03. The molecule has 0 amide bonds. The van der Waals surface area contributed by atoms with Crippen molar-refractivity contribution in [1.29, 1.82) is 0 Å². The fourth-order valence-electron chi connectivity index (χ4n) is 1.84. The molecular formula is C14H15ClN2. The Labute approximate surface area is 107 Å². The van der Waals surface area contributed by atoms with E-state index in [9.17, 15) is 0 Å². The molecule has 0 aliphatic heterocycles. The molecule has 0 saturated heterocycles. The van der Waals surface area contributed by atoms with Crippen LogP contribution in [0.4, 0.5) is 0 Å². The third kappa shape index (κ3) is 3.82. The van der Waals surface area contributed by atoms with E-state index in [0.717, 1.165) is 30.8 Å². The molecule has 0 fully saturated rings. The second-order valence-corrected chi connectivity index (χ2v) is 4.46. The summed E-state index contributed by atoms with van der Waals surface area (Å²) in [7, 11) is 0. The number of nitrogens with zero attached hydrogens (tertiary/aromatic N) is 2. The summed E-state index contributed by atoms with van der Waals surface area (Å²) < 4.78 is 0. The van der Waals surface area contributed by atoms with Gasteiger partial charge in [-0.1, -0.05) is 41.9 Å². The average Bonchev–Trinajstić information content (AvgIpc) is 2.29. The highest BCUT2D eigenvalue weighted by atomic mass is 35.5. The van der Waals surface area contributed by atoms with Gasteiger partial charge in [-0.05, 0) is 37.8 Å². The van der Waals surface area contributed by atoms with Gasteiger partial charge in [0, 0.05) is 5.69 Å². The monoisotopic (exact) mass is 246 g/mol. The lowest BCUT2D eigenvalue weighted by molar-refractivity contribution is 0.788. The maximum atomic E-state index is 5.89. The molecule has 0 aliphatic carbocycles. The highest BCUT2D eigenvalue weighted by Crippen LogP contribution is 2.10. The summed E-state index contributed by atoms with van der Waals surface area (Å²) in [5.41, 5.74) is 2.39. The van der Waals surface area contributed by atoms with E-state index in [1.807, 2.05) is 19.1 Å². The van der Waals surface area contributed by atoms with Crippen LogP contribution in [0.2, 0.25) is 5.15 Å². The van der Waals surface area contributed by atoms with Crippen LogP contribution in [0.1, 0.15) is 23.5 Å². The maximum absolute atomic E-state index is 5.89. The Hall–Kier alpha value is -1.41. The molecule has 2 rings (SSSR count). The number of halogens is 1. The van der Waals surface area contributed by atoms with Crippen LogP contribution >= 0.6 is 11.6 Å². The summed E-state index contributed by atoms with van der Waals surface area (Å²) in [4.78, 5) is 8.42. The van der Waals surface area contributed by atoms with Crippen molar-refractivity contribution in [3.05, 3.63) is 58.6 Å². The van der Waals surface area contributed by atoms with Gasteiger partial charge < -0.3 is 0 Å². The molecule has 0 N–H and O–H groups in total. The molecule has 1 aromatic carbocycles. The van der Waals surface area contributed by atoms with Gasteiger partial charge in [0.25, 0.3) is 0 Å². The van der Waals surface area contributed by atoms with E-state index in [0.29, 0.717) is 5.15 Å². The predicted molar refractivity (Wildman–Crippen MR) is 70.2 cm³/mol. The highest BCUT2D eigenvalue weighted by molar-refractivity contribution is 6.29. The third-order valence-electron chi connectivity index (χ3n) is 2.60. The topological polar surface area (TPSA) is 25.8 Å². The molecule has 2 nitrogen and oxygen atoms in total. The molecule has 0 spiro atoms. The summed E-state index contributed by atoms with van der Waals surface area (Å²) >= 11 is 5.89. The second-order valence-electron chi connectivity index (χ2n) is 4.07. The summed E-state index contributed by atoms with van der Waals surface area (Å²) in [6.07, 6.45) is 3.09. The van der Waals surface area contributed by atoms with E-state index in [-0.39, 0.29) is 0 Å². The van der Waals surface area contributed by atoms with Crippen LogP contribution < -0.4 is 0 Å². The van der Waals surface area contributed by atoms with Crippen molar-refractivity contribution in [2.45, 2.75) is 26.2 Å². The minimum atomic E-state index is 0.534. The Bertz CT molecular complexity index is 463. The first-order valence-electron chi connectivity index (χ1n) is 5.78. The van der Waals surface area contributed by atoms with Crippen LogP contribution in [0.25, 0.3) is 0 Å². The Balaban J connectivity index is 1.90. The van der Waals surface area contributed by atoms with Gasteiger partial charge in [-0.15, -0.1) is 0 Å². The van der Waals surface area contributed by atoms with Gasteiger partial charge in [-0.25, -0.2) is 9.97 Å². The highest BCUT2D eigenvalue weighted by Gasteiger charge is 2.00. The number of aromatic nitrogens is 2. The van der Waals surface area contributed by atoms with Crippen molar-refractivity contribution >= 4 is 11.6 Å². The quantitative estimate of drug-likeness (QED) is 0.771. The van der Waals surface area contributed by atoms with E-state index >= 15 is 0 Å². The SMILES string of the molecule is Cc1nc(Cl)cc(CCCc2ccccc2)n1. The number of hydrogen-bond donors (Lipinski definition) is 0. The van der Waals surface area contributed by atoms with Crippen molar-refractivity contribution in [1.82, 2.24) is 9.97 Å². The zero-order valence-corrected chi connectivity index (χ0v) is 10.6. The van der Waals surface area contributed by atoms with Crippen LogP contribution in [0, 0.1) is 6.92 Å². The smallest absolute Gasteiger partial charge is 0.133 e. The van der Waals surface area contributed by atoms with Gasteiger partial charge in [-0.2, -0.15) is 0 Å². The van der Waals surface area contributed by atoms with Crippen molar-refractivity contribution < 1.29 is 0 Å². The molecule has 0 aliphatic rings. The van der Waals surface area contributed by atoms with Gasteiger partial charge in [0.2, 0.25) is 0 Å². The van der Waals surface area contributed by atoms with Crippen molar-refractivity contribution in [3.63, 3.8) is 0 Å². The molecule has 2 aromatic rings. The average molecular weight is 247 g/mol. The van der Waals surface area contributed by atoms with E-state index < -0.39 is 0 Å². The molecule has 88 valence electrons. The molecule has 17 heavy (non-hydrogen) atoms. The molecule has 1 heterocycles. The lowest BCUT2D eigenvalue weighted by Crippen LogP contribution is -1.97. The Morgan fingerprint density at radius 2 is 1.82 bits per heavy atom. The first kappa shape index (κ1) is 12.1.